The van der Waals surface area contributed by atoms with Gasteiger partial charge in [0.05, 0.1) is 12.3 Å². The first-order valence-electron chi connectivity index (χ1n) is 6.65. The van der Waals surface area contributed by atoms with Crippen molar-refractivity contribution in [2.45, 2.75) is 31.8 Å². The van der Waals surface area contributed by atoms with E-state index in [2.05, 4.69) is 10.0 Å². The molecule has 1 atom stereocenters. The lowest BCUT2D eigenvalue weighted by Gasteiger charge is -2.26. The first-order chi connectivity index (χ1) is 9.59. The fourth-order valence-electron chi connectivity index (χ4n) is 1.94. The monoisotopic (exact) mass is 313 g/mol. The van der Waals surface area contributed by atoms with Gasteiger partial charge in [0.15, 0.2) is 0 Å². The standard InChI is InChI=1S/C14H23N3O3S/c1-14(2,17-21(3,19)20)10-16-13(18)12(15)9-11-7-5-4-6-8-11/h4-8,12,17H,9-10,15H2,1-3H3,(H,16,18). The van der Waals surface area contributed by atoms with Crippen LogP contribution < -0.4 is 15.8 Å². The molecule has 1 rings (SSSR count). The molecule has 4 N–H and O–H groups in total. The van der Waals surface area contributed by atoms with E-state index in [4.69, 9.17) is 5.73 Å². The Hall–Kier alpha value is -1.44. The molecule has 0 saturated carbocycles. The highest BCUT2D eigenvalue weighted by atomic mass is 32.2. The molecule has 0 aliphatic rings. The lowest BCUT2D eigenvalue weighted by Crippen LogP contribution is -2.53. The fraction of sp³-hybridized carbons (Fsp3) is 0.500. The summed E-state index contributed by atoms with van der Waals surface area (Å²) in [5.41, 5.74) is 6.07. The number of benzene rings is 1. The molecule has 1 aromatic carbocycles. The Morgan fingerprint density at radius 3 is 2.38 bits per heavy atom. The van der Waals surface area contributed by atoms with Crippen LogP contribution in [0.3, 0.4) is 0 Å². The predicted molar refractivity (Wildman–Crippen MR) is 83.2 cm³/mol. The minimum atomic E-state index is -3.33. The average Bonchev–Trinajstić information content (AvgIpc) is 2.34. The van der Waals surface area contributed by atoms with Gasteiger partial charge in [0.25, 0.3) is 0 Å². The average molecular weight is 313 g/mol. The van der Waals surface area contributed by atoms with Crippen LogP contribution in [0.5, 0.6) is 0 Å². The molecule has 0 spiro atoms. The maximum absolute atomic E-state index is 11.9. The summed E-state index contributed by atoms with van der Waals surface area (Å²) in [5.74, 6) is -0.303. The molecule has 1 amide bonds. The molecule has 0 radical (unpaired) electrons. The van der Waals surface area contributed by atoms with Gasteiger partial charge in [0.2, 0.25) is 15.9 Å². The Balaban J connectivity index is 2.49. The third kappa shape index (κ3) is 7.22. The Morgan fingerprint density at radius 2 is 1.86 bits per heavy atom. The predicted octanol–water partition coefficient (Wildman–Crippen LogP) is 0.000400. The smallest absolute Gasteiger partial charge is 0.237 e. The molecule has 0 aliphatic carbocycles. The van der Waals surface area contributed by atoms with Crippen LogP contribution in [0, 0.1) is 0 Å². The van der Waals surface area contributed by atoms with Gasteiger partial charge in [-0.05, 0) is 25.8 Å². The Bertz CT molecular complexity index is 570. The van der Waals surface area contributed by atoms with E-state index in [0.717, 1.165) is 11.8 Å². The van der Waals surface area contributed by atoms with E-state index in [1.165, 1.54) is 0 Å². The molecule has 1 unspecified atom stereocenters. The van der Waals surface area contributed by atoms with Gasteiger partial charge in [-0.1, -0.05) is 30.3 Å². The third-order valence-corrected chi connectivity index (χ3v) is 3.72. The van der Waals surface area contributed by atoms with Gasteiger partial charge in [-0.15, -0.1) is 0 Å². The quantitative estimate of drug-likeness (QED) is 0.659. The Kier molecular flexibility index (Phi) is 5.88. The minimum Gasteiger partial charge on any atom is -0.353 e. The lowest BCUT2D eigenvalue weighted by molar-refractivity contribution is -0.122. The Morgan fingerprint density at radius 1 is 1.29 bits per heavy atom. The second kappa shape index (κ2) is 7.02. The molecular formula is C14H23N3O3S. The zero-order chi connectivity index (χ0) is 16.1. The normalized spacial score (nSPS) is 13.7. The molecule has 0 bridgehead atoms. The summed E-state index contributed by atoms with van der Waals surface area (Å²) in [4.78, 5) is 11.9. The number of sulfonamides is 1. The summed E-state index contributed by atoms with van der Waals surface area (Å²) in [5, 5.41) is 2.67. The topological polar surface area (TPSA) is 101 Å². The van der Waals surface area contributed by atoms with E-state index in [9.17, 15) is 13.2 Å². The van der Waals surface area contributed by atoms with Crippen LogP contribution in [-0.2, 0) is 21.2 Å². The van der Waals surface area contributed by atoms with Crippen LogP contribution in [-0.4, -0.2) is 38.7 Å². The van der Waals surface area contributed by atoms with Crippen molar-refractivity contribution in [3.05, 3.63) is 35.9 Å². The van der Waals surface area contributed by atoms with E-state index in [0.29, 0.717) is 6.42 Å². The number of carbonyl (C=O) groups excluding carboxylic acids is 1. The fourth-order valence-corrected chi connectivity index (χ4v) is 3.01. The zero-order valence-corrected chi connectivity index (χ0v) is 13.4. The highest BCUT2D eigenvalue weighted by Gasteiger charge is 2.24. The van der Waals surface area contributed by atoms with Gasteiger partial charge in [0.1, 0.15) is 0 Å². The van der Waals surface area contributed by atoms with Crippen molar-refractivity contribution in [2.75, 3.05) is 12.8 Å². The van der Waals surface area contributed by atoms with Crippen molar-refractivity contribution < 1.29 is 13.2 Å². The second-order valence-corrected chi connectivity index (χ2v) is 7.52. The summed E-state index contributed by atoms with van der Waals surface area (Å²) < 4.78 is 24.9. The summed E-state index contributed by atoms with van der Waals surface area (Å²) in [6.07, 6.45) is 1.52. The van der Waals surface area contributed by atoms with Gasteiger partial charge >= 0.3 is 0 Å². The molecule has 6 nitrogen and oxygen atoms in total. The molecule has 1 aromatic rings. The van der Waals surface area contributed by atoms with Gasteiger partial charge < -0.3 is 11.1 Å². The van der Waals surface area contributed by atoms with Crippen LogP contribution in [0.15, 0.2) is 30.3 Å². The molecule has 0 heterocycles. The highest BCUT2D eigenvalue weighted by molar-refractivity contribution is 7.88. The number of hydrogen-bond donors (Lipinski definition) is 3. The van der Waals surface area contributed by atoms with Crippen LogP contribution in [0.1, 0.15) is 19.4 Å². The third-order valence-electron chi connectivity index (χ3n) is 2.80. The van der Waals surface area contributed by atoms with Gasteiger partial charge in [-0.3, -0.25) is 4.79 Å². The molecule has 0 aliphatic heterocycles. The van der Waals surface area contributed by atoms with Crippen molar-refractivity contribution in [1.29, 1.82) is 0 Å². The molecule has 0 fully saturated rings. The molecule has 0 saturated heterocycles. The largest absolute Gasteiger partial charge is 0.353 e. The maximum atomic E-state index is 11.9. The summed E-state index contributed by atoms with van der Waals surface area (Å²) in [6, 6.07) is 8.82. The van der Waals surface area contributed by atoms with Crippen LogP contribution in [0.4, 0.5) is 0 Å². The van der Waals surface area contributed by atoms with Crippen molar-refractivity contribution in [2.24, 2.45) is 5.73 Å². The molecule has 118 valence electrons. The number of nitrogens with one attached hydrogen (secondary N) is 2. The number of carbonyl (C=O) groups is 1. The SMILES string of the molecule is CC(C)(CNC(=O)C(N)Cc1ccccc1)NS(C)(=O)=O. The first-order valence-corrected chi connectivity index (χ1v) is 8.54. The highest BCUT2D eigenvalue weighted by Crippen LogP contribution is 2.04. The number of hydrogen-bond acceptors (Lipinski definition) is 4. The van der Waals surface area contributed by atoms with Crippen molar-refractivity contribution >= 4 is 15.9 Å². The zero-order valence-electron chi connectivity index (χ0n) is 12.6. The minimum absolute atomic E-state index is 0.168. The van der Waals surface area contributed by atoms with Crippen LogP contribution in [0.2, 0.25) is 0 Å². The molecule has 21 heavy (non-hydrogen) atoms. The van der Waals surface area contributed by atoms with E-state index in [1.807, 2.05) is 30.3 Å². The first kappa shape index (κ1) is 17.6. The summed E-state index contributed by atoms with van der Waals surface area (Å²) in [7, 11) is -3.33. The van der Waals surface area contributed by atoms with E-state index in [-0.39, 0.29) is 12.5 Å². The van der Waals surface area contributed by atoms with E-state index in [1.54, 1.807) is 13.8 Å². The van der Waals surface area contributed by atoms with Crippen molar-refractivity contribution in [1.82, 2.24) is 10.0 Å². The van der Waals surface area contributed by atoms with Crippen LogP contribution >= 0.6 is 0 Å². The Labute approximate surface area is 126 Å². The van der Waals surface area contributed by atoms with E-state index < -0.39 is 21.6 Å². The molecular weight excluding hydrogens is 290 g/mol. The van der Waals surface area contributed by atoms with Crippen molar-refractivity contribution in [3.63, 3.8) is 0 Å². The van der Waals surface area contributed by atoms with Crippen molar-refractivity contribution in [3.8, 4) is 0 Å². The van der Waals surface area contributed by atoms with Gasteiger partial charge in [-0.25, -0.2) is 13.1 Å². The number of amides is 1. The molecule has 7 heteroatoms. The summed E-state index contributed by atoms with van der Waals surface area (Å²) in [6.45, 7) is 3.55. The second-order valence-electron chi connectivity index (χ2n) is 5.77. The lowest BCUT2D eigenvalue weighted by atomic mass is 10.0. The maximum Gasteiger partial charge on any atom is 0.237 e. The molecule has 0 aromatic heterocycles. The number of rotatable bonds is 7. The van der Waals surface area contributed by atoms with E-state index >= 15 is 0 Å². The summed E-state index contributed by atoms with van der Waals surface area (Å²) >= 11 is 0. The van der Waals surface area contributed by atoms with Crippen LogP contribution in [0.25, 0.3) is 0 Å². The van der Waals surface area contributed by atoms with Gasteiger partial charge in [0, 0.05) is 12.1 Å². The van der Waals surface area contributed by atoms with Gasteiger partial charge in [-0.2, -0.15) is 0 Å². The number of nitrogens with two attached hydrogens (primary N) is 1.